The minimum absolute atomic E-state index is 0.0172. The van der Waals surface area contributed by atoms with E-state index in [1.54, 1.807) is 29.4 Å². The van der Waals surface area contributed by atoms with Crippen LogP contribution in [0.25, 0.3) is 0 Å². The first kappa shape index (κ1) is 19.6. The molecule has 1 amide bonds. The van der Waals surface area contributed by atoms with Crippen molar-refractivity contribution in [1.82, 2.24) is 14.8 Å². The largest absolute Gasteiger partial charge is 0.391 e. The summed E-state index contributed by atoms with van der Waals surface area (Å²) in [6.07, 6.45) is 5.47. The number of hydrogen-bond donors (Lipinski definition) is 1. The summed E-state index contributed by atoms with van der Waals surface area (Å²) < 4.78 is 0. The van der Waals surface area contributed by atoms with E-state index in [1.165, 1.54) is 5.56 Å². The van der Waals surface area contributed by atoms with Crippen LogP contribution in [0.15, 0.2) is 48.8 Å². The molecule has 6 nitrogen and oxygen atoms in total. The molecular formula is C23H26N4O2. The zero-order valence-electron chi connectivity index (χ0n) is 16.5. The first-order chi connectivity index (χ1) is 14.1. The van der Waals surface area contributed by atoms with Gasteiger partial charge >= 0.3 is 0 Å². The molecule has 0 saturated carbocycles. The number of nitrogens with zero attached hydrogens (tertiary/aromatic N) is 4. The van der Waals surface area contributed by atoms with Gasteiger partial charge in [0.1, 0.15) is 0 Å². The second-order valence-electron chi connectivity index (χ2n) is 8.37. The molecule has 1 aromatic heterocycles. The van der Waals surface area contributed by atoms with Crippen LogP contribution in [-0.2, 0) is 6.54 Å². The van der Waals surface area contributed by atoms with Gasteiger partial charge in [0.05, 0.1) is 23.3 Å². The van der Waals surface area contributed by atoms with Crippen LogP contribution >= 0.6 is 0 Å². The van der Waals surface area contributed by atoms with E-state index in [1.807, 2.05) is 24.3 Å². The Morgan fingerprint density at radius 2 is 2.00 bits per heavy atom. The summed E-state index contributed by atoms with van der Waals surface area (Å²) in [5.74, 6) is -0.0452. The molecule has 0 radical (unpaired) electrons. The fourth-order valence-corrected chi connectivity index (χ4v) is 4.67. The molecule has 1 atom stereocenters. The van der Waals surface area contributed by atoms with Crippen LogP contribution in [-0.4, -0.2) is 58.1 Å². The Kier molecular flexibility index (Phi) is 5.61. The Morgan fingerprint density at radius 3 is 2.66 bits per heavy atom. The van der Waals surface area contributed by atoms with Crippen LogP contribution in [0, 0.1) is 16.7 Å². The van der Waals surface area contributed by atoms with Crippen molar-refractivity contribution in [2.45, 2.75) is 31.9 Å². The van der Waals surface area contributed by atoms with Crippen molar-refractivity contribution in [3.8, 4) is 6.07 Å². The van der Waals surface area contributed by atoms with Crippen LogP contribution < -0.4 is 0 Å². The fraction of sp³-hybridized carbons (Fsp3) is 0.435. The van der Waals surface area contributed by atoms with Gasteiger partial charge in [0.25, 0.3) is 5.91 Å². The van der Waals surface area contributed by atoms with Crippen molar-refractivity contribution < 1.29 is 9.90 Å². The molecule has 3 heterocycles. The number of carbonyl (C=O) groups excluding carboxylic acids is 1. The zero-order chi connectivity index (χ0) is 20.3. The Hall–Kier alpha value is -2.75. The maximum Gasteiger partial charge on any atom is 0.255 e. The number of amides is 1. The number of benzene rings is 1. The summed E-state index contributed by atoms with van der Waals surface area (Å²) in [6, 6.07) is 13.5. The van der Waals surface area contributed by atoms with Crippen LogP contribution in [0.1, 0.15) is 40.7 Å². The maximum absolute atomic E-state index is 12.9. The molecule has 1 N–H and O–H groups in total. The summed E-state index contributed by atoms with van der Waals surface area (Å²) in [7, 11) is 0. The van der Waals surface area contributed by atoms with Crippen molar-refractivity contribution in [2.24, 2.45) is 5.41 Å². The summed E-state index contributed by atoms with van der Waals surface area (Å²) in [5.41, 5.74) is 2.45. The topological polar surface area (TPSA) is 80.5 Å². The van der Waals surface area contributed by atoms with Crippen LogP contribution in [0.4, 0.5) is 0 Å². The molecule has 0 aliphatic carbocycles. The minimum atomic E-state index is -0.477. The van der Waals surface area contributed by atoms with Gasteiger partial charge in [-0.1, -0.05) is 12.1 Å². The number of aliphatic hydroxyl groups excluding tert-OH is 1. The van der Waals surface area contributed by atoms with Gasteiger partial charge in [-0.2, -0.15) is 5.26 Å². The van der Waals surface area contributed by atoms with Crippen LogP contribution in [0.3, 0.4) is 0 Å². The standard InChI is InChI=1S/C23H26N4O2/c24-13-18-3-5-19(6-4-18)15-26-10-7-23(8-11-26)12-21(28)16-27(17-23)22(29)20-2-1-9-25-14-20/h1-6,9,14,21,28H,7-8,10-12,15-17H2. The molecule has 1 aromatic carbocycles. The second-order valence-corrected chi connectivity index (χ2v) is 8.37. The smallest absolute Gasteiger partial charge is 0.255 e. The average molecular weight is 390 g/mol. The second kappa shape index (κ2) is 8.32. The van der Waals surface area contributed by atoms with E-state index in [0.29, 0.717) is 24.2 Å². The molecule has 0 bridgehead atoms. The quantitative estimate of drug-likeness (QED) is 0.871. The lowest BCUT2D eigenvalue weighted by atomic mass is 9.71. The first-order valence-corrected chi connectivity index (χ1v) is 10.2. The van der Waals surface area contributed by atoms with E-state index in [-0.39, 0.29) is 11.3 Å². The molecule has 6 heteroatoms. The van der Waals surface area contributed by atoms with E-state index >= 15 is 0 Å². The number of nitriles is 1. The predicted octanol–water partition coefficient (Wildman–Crippen LogP) is 2.44. The predicted molar refractivity (Wildman–Crippen MR) is 109 cm³/mol. The Labute approximate surface area is 171 Å². The van der Waals surface area contributed by atoms with Gasteiger partial charge in [-0.25, -0.2) is 0 Å². The number of rotatable bonds is 3. The molecule has 29 heavy (non-hydrogen) atoms. The Morgan fingerprint density at radius 1 is 1.24 bits per heavy atom. The number of piperidine rings is 2. The van der Waals surface area contributed by atoms with Gasteiger partial charge in [0.2, 0.25) is 0 Å². The third kappa shape index (κ3) is 4.47. The molecule has 2 fully saturated rings. The minimum Gasteiger partial charge on any atom is -0.391 e. The SMILES string of the molecule is N#Cc1ccc(CN2CCC3(CC2)CC(O)CN(C(=O)c2cccnc2)C3)cc1. The maximum atomic E-state index is 12.9. The normalized spacial score (nSPS) is 21.7. The number of carbonyl (C=O) groups is 1. The highest BCUT2D eigenvalue weighted by molar-refractivity contribution is 5.94. The average Bonchev–Trinajstić information content (AvgIpc) is 2.76. The number of aromatic nitrogens is 1. The Balaban J connectivity index is 1.38. The van der Waals surface area contributed by atoms with E-state index in [0.717, 1.165) is 38.9 Å². The molecular weight excluding hydrogens is 364 g/mol. The molecule has 1 spiro atoms. The van der Waals surface area contributed by atoms with E-state index in [2.05, 4.69) is 16.0 Å². The van der Waals surface area contributed by atoms with E-state index in [4.69, 9.17) is 5.26 Å². The van der Waals surface area contributed by atoms with Gasteiger partial charge in [0, 0.05) is 32.0 Å². The first-order valence-electron chi connectivity index (χ1n) is 10.2. The highest BCUT2D eigenvalue weighted by atomic mass is 16.3. The lowest BCUT2D eigenvalue weighted by molar-refractivity contribution is -0.0337. The summed E-state index contributed by atoms with van der Waals surface area (Å²) in [6.45, 7) is 3.85. The molecule has 1 unspecified atom stereocenters. The van der Waals surface area contributed by atoms with Crippen molar-refractivity contribution in [1.29, 1.82) is 5.26 Å². The number of aliphatic hydroxyl groups is 1. The van der Waals surface area contributed by atoms with E-state index in [9.17, 15) is 9.90 Å². The number of β-amino-alcohol motifs (C(OH)–C–C–N with tert-alkyl or cyclic N) is 1. The highest BCUT2D eigenvalue weighted by Gasteiger charge is 2.42. The monoisotopic (exact) mass is 390 g/mol. The molecule has 2 aliphatic rings. The van der Waals surface area contributed by atoms with Crippen molar-refractivity contribution >= 4 is 5.91 Å². The Bertz CT molecular complexity index is 883. The lowest BCUT2D eigenvalue weighted by Crippen LogP contribution is -2.55. The van der Waals surface area contributed by atoms with Crippen LogP contribution in [0.5, 0.6) is 0 Å². The summed E-state index contributed by atoms with van der Waals surface area (Å²) in [4.78, 5) is 21.1. The highest BCUT2D eigenvalue weighted by Crippen LogP contribution is 2.40. The molecule has 2 saturated heterocycles. The zero-order valence-corrected chi connectivity index (χ0v) is 16.5. The molecule has 4 rings (SSSR count). The summed E-state index contributed by atoms with van der Waals surface area (Å²) in [5, 5.41) is 19.4. The lowest BCUT2D eigenvalue weighted by Gasteiger charge is -2.49. The van der Waals surface area contributed by atoms with Gasteiger partial charge in [0.15, 0.2) is 0 Å². The van der Waals surface area contributed by atoms with Gasteiger partial charge in [-0.05, 0) is 67.6 Å². The fourth-order valence-electron chi connectivity index (χ4n) is 4.67. The third-order valence-corrected chi connectivity index (χ3v) is 6.23. The number of hydrogen-bond acceptors (Lipinski definition) is 5. The molecule has 150 valence electrons. The van der Waals surface area contributed by atoms with Crippen molar-refractivity contribution in [3.63, 3.8) is 0 Å². The van der Waals surface area contributed by atoms with Gasteiger partial charge in [-0.3, -0.25) is 14.7 Å². The number of likely N-dealkylation sites (tertiary alicyclic amines) is 2. The van der Waals surface area contributed by atoms with Crippen molar-refractivity contribution in [2.75, 3.05) is 26.2 Å². The van der Waals surface area contributed by atoms with Gasteiger partial charge < -0.3 is 10.0 Å². The van der Waals surface area contributed by atoms with Crippen molar-refractivity contribution in [3.05, 3.63) is 65.5 Å². The third-order valence-electron chi connectivity index (χ3n) is 6.23. The molecule has 2 aromatic rings. The van der Waals surface area contributed by atoms with Gasteiger partial charge in [-0.15, -0.1) is 0 Å². The van der Waals surface area contributed by atoms with Crippen LogP contribution in [0.2, 0.25) is 0 Å². The molecule has 2 aliphatic heterocycles. The number of pyridine rings is 1. The van der Waals surface area contributed by atoms with E-state index < -0.39 is 6.10 Å². The summed E-state index contributed by atoms with van der Waals surface area (Å²) >= 11 is 0.